The Hall–Kier alpha value is -4.92. The van der Waals surface area contributed by atoms with Crippen LogP contribution in [0.1, 0.15) is 22.3 Å². The van der Waals surface area contributed by atoms with Crippen LogP contribution in [0.3, 0.4) is 0 Å². The van der Waals surface area contributed by atoms with E-state index < -0.39 is 29.3 Å². The molecule has 3 N–H and O–H groups in total. The Morgan fingerprint density at radius 1 is 0.769 bits per heavy atom. The maximum atomic E-state index is 14.5. The number of carbonyl (C=O) groups excluding carboxylic acids is 3. The molecule has 9 heteroatoms. The van der Waals surface area contributed by atoms with Crippen LogP contribution in [0.15, 0.2) is 85.5 Å². The average molecular weight is 534 g/mol. The van der Waals surface area contributed by atoms with Gasteiger partial charge in [0.05, 0.1) is 5.69 Å². The quantitative estimate of drug-likeness (QED) is 0.306. The molecule has 0 unspecified atom stereocenters. The zero-order chi connectivity index (χ0) is 28.2. The molecule has 0 saturated carbocycles. The molecule has 0 aliphatic heterocycles. The van der Waals surface area contributed by atoms with E-state index in [0.29, 0.717) is 24.1 Å². The average Bonchev–Trinajstić information content (AvgIpc) is 2.92. The molecule has 3 aromatic rings. The van der Waals surface area contributed by atoms with Gasteiger partial charge in [-0.3, -0.25) is 14.4 Å². The van der Waals surface area contributed by atoms with Crippen molar-refractivity contribution in [3.63, 3.8) is 0 Å². The fraction of sp³-hybridized carbons (Fsp3) is 0.100. The summed E-state index contributed by atoms with van der Waals surface area (Å²) in [6.07, 6.45) is 6.64. The van der Waals surface area contributed by atoms with Gasteiger partial charge in [-0.05, 0) is 59.5 Å². The van der Waals surface area contributed by atoms with Crippen molar-refractivity contribution in [2.45, 2.75) is 13.0 Å². The Labute approximate surface area is 223 Å². The van der Waals surface area contributed by atoms with E-state index in [9.17, 15) is 27.6 Å². The van der Waals surface area contributed by atoms with Crippen LogP contribution in [0, 0.1) is 17.5 Å². The lowest BCUT2D eigenvalue weighted by Crippen LogP contribution is -2.23. The molecule has 6 nitrogen and oxygen atoms in total. The molecule has 3 rings (SSSR count). The third kappa shape index (κ3) is 9.47. The minimum atomic E-state index is -0.881. The predicted octanol–water partition coefficient (Wildman–Crippen LogP) is 4.93. The largest absolute Gasteiger partial charge is 0.352 e. The van der Waals surface area contributed by atoms with Crippen LogP contribution in [0.2, 0.25) is 0 Å². The SMILES string of the molecule is C=CC(=O)NCCc1cccc(/C=C/C(=O)Nc2cc(F)c(/C=C/C(=O)NCc3ccc(F)cc3)cc2F)c1. The second kappa shape index (κ2) is 14.1. The van der Waals surface area contributed by atoms with Crippen molar-refractivity contribution < 1.29 is 27.6 Å². The molecular weight excluding hydrogens is 507 g/mol. The molecule has 3 aromatic carbocycles. The monoisotopic (exact) mass is 533 g/mol. The van der Waals surface area contributed by atoms with Gasteiger partial charge in [-0.1, -0.05) is 43.0 Å². The molecule has 0 fully saturated rings. The van der Waals surface area contributed by atoms with Gasteiger partial charge in [0.1, 0.15) is 17.5 Å². The van der Waals surface area contributed by atoms with E-state index in [1.165, 1.54) is 42.5 Å². The van der Waals surface area contributed by atoms with Gasteiger partial charge in [-0.25, -0.2) is 13.2 Å². The van der Waals surface area contributed by atoms with Crippen molar-refractivity contribution in [1.82, 2.24) is 10.6 Å². The summed E-state index contributed by atoms with van der Waals surface area (Å²) >= 11 is 0. The Bertz CT molecular complexity index is 1420. The summed E-state index contributed by atoms with van der Waals surface area (Å²) in [5.74, 6) is -3.60. The summed E-state index contributed by atoms with van der Waals surface area (Å²) in [6.45, 7) is 3.95. The van der Waals surface area contributed by atoms with E-state index in [2.05, 4.69) is 22.5 Å². The van der Waals surface area contributed by atoms with Crippen molar-refractivity contribution in [2.75, 3.05) is 11.9 Å². The van der Waals surface area contributed by atoms with E-state index in [0.717, 1.165) is 29.8 Å². The van der Waals surface area contributed by atoms with Crippen LogP contribution in [-0.2, 0) is 27.3 Å². The molecule has 0 aromatic heterocycles. The van der Waals surface area contributed by atoms with Crippen LogP contribution in [0.5, 0.6) is 0 Å². The van der Waals surface area contributed by atoms with Crippen LogP contribution in [0.25, 0.3) is 12.2 Å². The van der Waals surface area contributed by atoms with Crippen LogP contribution in [0.4, 0.5) is 18.9 Å². The minimum absolute atomic E-state index is 0.136. The lowest BCUT2D eigenvalue weighted by Gasteiger charge is -2.07. The topological polar surface area (TPSA) is 87.3 Å². The first kappa shape index (κ1) is 28.6. The highest BCUT2D eigenvalue weighted by Crippen LogP contribution is 2.21. The number of hydrogen-bond acceptors (Lipinski definition) is 3. The Kier molecular flexibility index (Phi) is 10.4. The second-order valence-electron chi connectivity index (χ2n) is 8.34. The van der Waals surface area contributed by atoms with Crippen molar-refractivity contribution in [2.24, 2.45) is 0 Å². The molecule has 200 valence electrons. The molecule has 0 atom stereocenters. The van der Waals surface area contributed by atoms with E-state index in [-0.39, 0.29) is 23.7 Å². The van der Waals surface area contributed by atoms with Gasteiger partial charge < -0.3 is 16.0 Å². The summed E-state index contributed by atoms with van der Waals surface area (Å²) < 4.78 is 42.0. The van der Waals surface area contributed by atoms with Crippen molar-refractivity contribution in [3.8, 4) is 0 Å². The maximum absolute atomic E-state index is 14.5. The normalized spacial score (nSPS) is 10.9. The van der Waals surface area contributed by atoms with Crippen molar-refractivity contribution in [3.05, 3.63) is 125 Å². The van der Waals surface area contributed by atoms with Gasteiger partial charge in [0.2, 0.25) is 17.7 Å². The number of anilines is 1. The lowest BCUT2D eigenvalue weighted by molar-refractivity contribution is -0.117. The zero-order valence-corrected chi connectivity index (χ0v) is 20.8. The second-order valence-corrected chi connectivity index (χ2v) is 8.34. The molecule has 0 bridgehead atoms. The number of benzene rings is 3. The fourth-order valence-electron chi connectivity index (χ4n) is 3.40. The predicted molar refractivity (Wildman–Crippen MR) is 145 cm³/mol. The molecule has 0 aliphatic carbocycles. The number of amides is 3. The Morgan fingerprint density at radius 3 is 2.26 bits per heavy atom. The number of halogens is 3. The minimum Gasteiger partial charge on any atom is -0.352 e. The number of hydrogen-bond donors (Lipinski definition) is 3. The third-order valence-corrected chi connectivity index (χ3v) is 5.41. The van der Waals surface area contributed by atoms with E-state index in [4.69, 9.17) is 0 Å². The Morgan fingerprint density at radius 2 is 1.51 bits per heavy atom. The zero-order valence-electron chi connectivity index (χ0n) is 20.8. The molecule has 3 amide bonds. The van der Waals surface area contributed by atoms with Crippen LogP contribution >= 0.6 is 0 Å². The van der Waals surface area contributed by atoms with Crippen LogP contribution < -0.4 is 16.0 Å². The van der Waals surface area contributed by atoms with Crippen molar-refractivity contribution >= 4 is 35.6 Å². The standard InChI is InChI=1S/C30H26F3N3O3/c1-2-28(37)34-15-14-21-5-3-4-20(16-21)8-12-30(39)36-27-18-25(32)23(17-26(27)33)9-13-29(38)35-19-22-6-10-24(31)11-7-22/h2-13,16-18H,1,14-15,19H2,(H,34,37)(H,35,38)(H,36,39)/b12-8+,13-9+. The first-order valence-electron chi connectivity index (χ1n) is 11.9. The maximum Gasteiger partial charge on any atom is 0.248 e. The fourth-order valence-corrected chi connectivity index (χ4v) is 3.40. The van der Waals surface area contributed by atoms with Gasteiger partial charge in [-0.2, -0.15) is 0 Å². The third-order valence-electron chi connectivity index (χ3n) is 5.41. The lowest BCUT2D eigenvalue weighted by atomic mass is 10.1. The summed E-state index contributed by atoms with van der Waals surface area (Å²) in [7, 11) is 0. The van der Waals surface area contributed by atoms with Gasteiger partial charge in [0, 0.05) is 36.9 Å². The molecular formula is C30H26F3N3O3. The first-order chi connectivity index (χ1) is 18.7. The molecule has 0 radical (unpaired) electrons. The van der Waals surface area contributed by atoms with Gasteiger partial charge in [0.15, 0.2) is 0 Å². The number of rotatable bonds is 11. The highest BCUT2D eigenvalue weighted by Gasteiger charge is 2.11. The highest BCUT2D eigenvalue weighted by atomic mass is 19.1. The van der Waals surface area contributed by atoms with Gasteiger partial charge in [0.25, 0.3) is 0 Å². The van der Waals surface area contributed by atoms with E-state index >= 15 is 0 Å². The summed E-state index contributed by atoms with van der Waals surface area (Å²) in [4.78, 5) is 35.5. The smallest absolute Gasteiger partial charge is 0.248 e. The van der Waals surface area contributed by atoms with E-state index in [1.54, 1.807) is 12.1 Å². The van der Waals surface area contributed by atoms with Crippen molar-refractivity contribution in [1.29, 1.82) is 0 Å². The number of nitrogens with one attached hydrogen (secondary N) is 3. The highest BCUT2D eigenvalue weighted by molar-refractivity contribution is 6.02. The Balaban J connectivity index is 1.55. The molecule has 0 saturated heterocycles. The van der Waals surface area contributed by atoms with Gasteiger partial charge in [-0.15, -0.1) is 0 Å². The van der Waals surface area contributed by atoms with Crippen LogP contribution in [-0.4, -0.2) is 24.3 Å². The summed E-state index contributed by atoms with van der Waals surface area (Å²) in [5, 5.41) is 7.53. The van der Waals surface area contributed by atoms with Gasteiger partial charge >= 0.3 is 0 Å². The number of carbonyl (C=O) groups is 3. The summed E-state index contributed by atoms with van der Waals surface area (Å²) in [5.41, 5.74) is 1.78. The van der Waals surface area contributed by atoms with E-state index in [1.807, 2.05) is 12.1 Å². The molecule has 0 heterocycles. The first-order valence-corrected chi connectivity index (χ1v) is 11.9. The summed E-state index contributed by atoms with van der Waals surface area (Å²) in [6, 6.07) is 14.5. The molecule has 0 spiro atoms. The molecule has 39 heavy (non-hydrogen) atoms. The molecule has 0 aliphatic rings.